The molecule has 1 heterocycles. The van der Waals surface area contributed by atoms with Gasteiger partial charge >= 0.3 is 0 Å². The molecule has 2 atom stereocenters. The third kappa shape index (κ3) is 5.68. The van der Waals surface area contributed by atoms with E-state index < -0.39 is 0 Å². The van der Waals surface area contributed by atoms with Crippen LogP contribution in [-0.2, 0) is 10.5 Å². The molecule has 0 spiro atoms. The molecule has 1 aromatic carbocycles. The zero-order chi connectivity index (χ0) is 16.1. The van der Waals surface area contributed by atoms with Crippen molar-refractivity contribution in [2.75, 3.05) is 11.9 Å². The maximum absolute atomic E-state index is 12.4. The maximum Gasteiger partial charge on any atom is 0.227 e. The number of rotatable bonds is 5. The number of halogens is 1. The van der Waals surface area contributed by atoms with Crippen molar-refractivity contribution in [3.8, 4) is 0 Å². The van der Waals surface area contributed by atoms with Gasteiger partial charge in [-0.25, -0.2) is 0 Å². The van der Waals surface area contributed by atoms with Crippen molar-refractivity contribution in [1.29, 1.82) is 0 Å². The number of piperidine rings is 1. The smallest absolute Gasteiger partial charge is 0.227 e. The molecule has 0 unspecified atom stereocenters. The van der Waals surface area contributed by atoms with E-state index in [1.165, 1.54) is 31.2 Å². The first-order chi connectivity index (χ1) is 11.2. The van der Waals surface area contributed by atoms with Crippen LogP contribution in [0.2, 0.25) is 0 Å². The van der Waals surface area contributed by atoms with Gasteiger partial charge in [-0.15, -0.1) is 12.4 Å². The monoisotopic (exact) mass is 368 g/mol. The van der Waals surface area contributed by atoms with Crippen molar-refractivity contribution in [2.24, 2.45) is 5.92 Å². The van der Waals surface area contributed by atoms with Crippen LogP contribution >= 0.6 is 24.2 Å². The predicted octanol–water partition coefficient (Wildman–Crippen LogP) is 4.61. The van der Waals surface area contributed by atoms with Crippen molar-refractivity contribution in [2.45, 2.75) is 62.5 Å². The summed E-state index contributed by atoms with van der Waals surface area (Å²) in [6.07, 6.45) is 7.39. The number of benzene rings is 1. The summed E-state index contributed by atoms with van der Waals surface area (Å²) in [4.78, 5) is 12.4. The largest absolute Gasteiger partial charge is 0.326 e. The first-order valence-corrected chi connectivity index (χ1v) is 10.0. The lowest BCUT2D eigenvalue weighted by atomic mass is 9.92. The van der Waals surface area contributed by atoms with Gasteiger partial charge in [0.15, 0.2) is 0 Å². The van der Waals surface area contributed by atoms with Gasteiger partial charge in [0.25, 0.3) is 0 Å². The van der Waals surface area contributed by atoms with Crippen LogP contribution in [0.5, 0.6) is 0 Å². The summed E-state index contributed by atoms with van der Waals surface area (Å²) in [7, 11) is 0. The molecular formula is C19H29ClN2OS. The van der Waals surface area contributed by atoms with E-state index in [2.05, 4.69) is 47.5 Å². The molecule has 2 fully saturated rings. The lowest BCUT2D eigenvalue weighted by Crippen LogP contribution is -2.40. The number of nitrogens with one attached hydrogen (secondary N) is 2. The molecule has 1 saturated carbocycles. The third-order valence-corrected chi connectivity index (χ3v) is 6.42. The van der Waals surface area contributed by atoms with E-state index in [9.17, 15) is 4.79 Å². The number of hydrogen-bond donors (Lipinski definition) is 2. The van der Waals surface area contributed by atoms with Crippen LogP contribution in [0.25, 0.3) is 0 Å². The predicted molar refractivity (Wildman–Crippen MR) is 106 cm³/mol. The standard InChI is InChI=1S/C19H28N2OS.ClH/c1-14-11-16(9-10-20-14)19(22)21-17-6-4-5-15(12-17)13-23-18-7-2-3-8-18;/h4-6,12,14,16,18,20H,2-3,7-11,13H2,1H3,(H,21,22);1H/t14-,16-;/m0./s1. The second-order valence-electron chi connectivity index (χ2n) is 6.98. The van der Waals surface area contributed by atoms with Crippen LogP contribution in [0.3, 0.4) is 0 Å². The van der Waals surface area contributed by atoms with Crippen LogP contribution in [0, 0.1) is 5.92 Å². The fourth-order valence-electron chi connectivity index (χ4n) is 3.62. The summed E-state index contributed by atoms with van der Waals surface area (Å²) < 4.78 is 0. The lowest BCUT2D eigenvalue weighted by Gasteiger charge is -2.27. The molecule has 2 N–H and O–H groups in total. The average Bonchev–Trinajstić information content (AvgIpc) is 3.07. The van der Waals surface area contributed by atoms with Crippen LogP contribution in [0.15, 0.2) is 24.3 Å². The van der Waals surface area contributed by atoms with Gasteiger partial charge < -0.3 is 10.6 Å². The first-order valence-electron chi connectivity index (χ1n) is 8.95. The molecular weight excluding hydrogens is 340 g/mol. The quantitative estimate of drug-likeness (QED) is 0.797. The van der Waals surface area contributed by atoms with Crippen LogP contribution in [0.1, 0.15) is 51.0 Å². The molecule has 3 rings (SSSR count). The summed E-state index contributed by atoms with van der Waals surface area (Å²) in [6.45, 7) is 3.09. The SMILES string of the molecule is C[C@H]1C[C@@H](C(=O)Nc2cccc(CSC3CCCC3)c2)CCN1.Cl. The van der Waals surface area contributed by atoms with Crippen molar-refractivity contribution >= 4 is 35.8 Å². The van der Waals surface area contributed by atoms with Gasteiger partial charge in [-0.1, -0.05) is 25.0 Å². The normalized spacial score (nSPS) is 24.4. The Balaban J connectivity index is 0.00000208. The molecule has 1 aliphatic heterocycles. The number of carbonyl (C=O) groups is 1. The highest BCUT2D eigenvalue weighted by Gasteiger charge is 2.24. The minimum Gasteiger partial charge on any atom is -0.326 e. The fraction of sp³-hybridized carbons (Fsp3) is 0.632. The van der Waals surface area contributed by atoms with Gasteiger partial charge in [0.05, 0.1) is 0 Å². The zero-order valence-electron chi connectivity index (χ0n) is 14.4. The minimum atomic E-state index is 0. The van der Waals surface area contributed by atoms with Gasteiger partial charge in [0.1, 0.15) is 0 Å². The number of anilines is 1. The molecule has 24 heavy (non-hydrogen) atoms. The van der Waals surface area contributed by atoms with E-state index in [4.69, 9.17) is 0 Å². The number of hydrogen-bond acceptors (Lipinski definition) is 3. The number of thioether (sulfide) groups is 1. The van der Waals surface area contributed by atoms with Gasteiger partial charge in [0.2, 0.25) is 5.91 Å². The van der Waals surface area contributed by atoms with E-state index in [0.29, 0.717) is 6.04 Å². The Morgan fingerprint density at radius 1 is 1.29 bits per heavy atom. The molecule has 2 aliphatic rings. The Morgan fingerprint density at radius 3 is 2.83 bits per heavy atom. The van der Waals surface area contributed by atoms with Crippen LogP contribution in [-0.4, -0.2) is 23.7 Å². The van der Waals surface area contributed by atoms with Crippen LogP contribution < -0.4 is 10.6 Å². The van der Waals surface area contributed by atoms with Gasteiger partial charge in [0, 0.05) is 28.6 Å². The molecule has 1 amide bonds. The summed E-state index contributed by atoms with van der Waals surface area (Å²) in [5.74, 6) is 1.38. The minimum absolute atomic E-state index is 0. The number of amides is 1. The molecule has 3 nitrogen and oxygen atoms in total. The van der Waals surface area contributed by atoms with Crippen LogP contribution in [0.4, 0.5) is 5.69 Å². The second kappa shape index (κ2) is 9.69. The summed E-state index contributed by atoms with van der Waals surface area (Å²) in [5, 5.41) is 7.36. The van der Waals surface area contributed by atoms with Crippen molar-refractivity contribution in [3.63, 3.8) is 0 Å². The number of carbonyl (C=O) groups excluding carboxylic acids is 1. The van der Waals surface area contributed by atoms with Gasteiger partial charge in [-0.2, -0.15) is 11.8 Å². The Morgan fingerprint density at radius 2 is 2.08 bits per heavy atom. The van der Waals surface area contributed by atoms with Crippen molar-refractivity contribution < 1.29 is 4.79 Å². The van der Waals surface area contributed by atoms with Crippen molar-refractivity contribution in [3.05, 3.63) is 29.8 Å². The first kappa shape index (κ1) is 19.6. The average molecular weight is 369 g/mol. The molecule has 1 aliphatic carbocycles. The lowest BCUT2D eigenvalue weighted by molar-refractivity contribution is -0.120. The highest BCUT2D eigenvalue weighted by molar-refractivity contribution is 7.99. The molecule has 0 radical (unpaired) electrons. The molecule has 1 saturated heterocycles. The zero-order valence-corrected chi connectivity index (χ0v) is 16.1. The van der Waals surface area contributed by atoms with E-state index in [0.717, 1.165) is 36.1 Å². The molecule has 1 aromatic rings. The van der Waals surface area contributed by atoms with E-state index in [1.807, 2.05) is 6.07 Å². The maximum atomic E-state index is 12.4. The summed E-state index contributed by atoms with van der Waals surface area (Å²) >= 11 is 2.07. The Hall–Kier alpha value is -0.710. The van der Waals surface area contributed by atoms with Gasteiger partial charge in [-0.3, -0.25) is 4.79 Å². The Labute approximate surface area is 156 Å². The fourth-order valence-corrected chi connectivity index (χ4v) is 4.90. The van der Waals surface area contributed by atoms with E-state index in [1.54, 1.807) is 0 Å². The van der Waals surface area contributed by atoms with E-state index >= 15 is 0 Å². The third-order valence-electron chi connectivity index (χ3n) is 4.98. The van der Waals surface area contributed by atoms with Gasteiger partial charge in [-0.05, 0) is 56.8 Å². The molecule has 0 bridgehead atoms. The Kier molecular flexibility index (Phi) is 7.92. The molecule has 134 valence electrons. The van der Waals surface area contributed by atoms with E-state index in [-0.39, 0.29) is 24.2 Å². The van der Waals surface area contributed by atoms with Crippen molar-refractivity contribution in [1.82, 2.24) is 5.32 Å². The Bertz CT molecular complexity index is 534. The molecule has 5 heteroatoms. The molecule has 0 aromatic heterocycles. The highest BCUT2D eigenvalue weighted by Crippen LogP contribution is 2.32. The second-order valence-corrected chi connectivity index (χ2v) is 8.27. The topological polar surface area (TPSA) is 41.1 Å². The highest BCUT2D eigenvalue weighted by atomic mass is 35.5. The summed E-state index contributed by atoms with van der Waals surface area (Å²) in [6, 6.07) is 8.82. The summed E-state index contributed by atoms with van der Waals surface area (Å²) in [5.41, 5.74) is 2.27.